The molecule has 0 spiro atoms. The van der Waals surface area contributed by atoms with Crippen LogP contribution >= 0.6 is 0 Å². The quantitative estimate of drug-likeness (QED) is 0.331. The third-order valence-corrected chi connectivity index (χ3v) is 4.36. The molecule has 0 saturated carbocycles. The van der Waals surface area contributed by atoms with Crippen molar-refractivity contribution in [3.63, 3.8) is 0 Å². The van der Waals surface area contributed by atoms with Gasteiger partial charge in [0.15, 0.2) is 5.96 Å². The average molecular weight is 279 g/mol. The van der Waals surface area contributed by atoms with E-state index < -0.39 is 0 Å². The first-order valence-corrected chi connectivity index (χ1v) is 7.73. The average Bonchev–Trinajstić information content (AvgIpc) is 2.49. The zero-order chi connectivity index (χ0) is 14.4. The highest BCUT2D eigenvalue weighted by Gasteiger charge is 2.31. The summed E-state index contributed by atoms with van der Waals surface area (Å²) in [6, 6.07) is 0.635. The van der Waals surface area contributed by atoms with Gasteiger partial charge in [-0.2, -0.15) is 0 Å². The summed E-state index contributed by atoms with van der Waals surface area (Å²) in [6.07, 6.45) is 4.17. The number of guanidine groups is 1. The van der Waals surface area contributed by atoms with Crippen LogP contribution in [0, 0.1) is 0 Å². The first-order chi connectivity index (χ1) is 9.74. The van der Waals surface area contributed by atoms with Crippen LogP contribution in [0.1, 0.15) is 12.8 Å². The number of allylic oxidation sites excluding steroid dienone is 1. The van der Waals surface area contributed by atoms with E-state index in [9.17, 15) is 0 Å². The second-order valence-electron chi connectivity index (χ2n) is 5.77. The Balaban J connectivity index is 1.74. The number of rotatable bonds is 6. The van der Waals surface area contributed by atoms with Crippen LogP contribution in [0.5, 0.6) is 0 Å². The molecule has 5 heteroatoms. The van der Waals surface area contributed by atoms with E-state index in [1.165, 1.54) is 32.7 Å². The molecule has 0 aromatic rings. The number of hydrogen-bond donors (Lipinski definition) is 1. The second-order valence-corrected chi connectivity index (χ2v) is 5.77. The fourth-order valence-corrected chi connectivity index (χ4v) is 3.09. The van der Waals surface area contributed by atoms with Gasteiger partial charge in [-0.3, -0.25) is 14.8 Å². The van der Waals surface area contributed by atoms with Crippen molar-refractivity contribution in [3.05, 3.63) is 12.7 Å². The van der Waals surface area contributed by atoms with Crippen LogP contribution < -0.4 is 5.32 Å². The van der Waals surface area contributed by atoms with Crippen molar-refractivity contribution in [2.24, 2.45) is 4.99 Å². The second kappa shape index (κ2) is 7.64. The van der Waals surface area contributed by atoms with Gasteiger partial charge < -0.3 is 10.2 Å². The van der Waals surface area contributed by atoms with E-state index in [-0.39, 0.29) is 0 Å². The molecule has 3 saturated heterocycles. The summed E-state index contributed by atoms with van der Waals surface area (Å²) in [4.78, 5) is 11.8. The van der Waals surface area contributed by atoms with Gasteiger partial charge in [0, 0.05) is 66.0 Å². The van der Waals surface area contributed by atoms with Crippen LogP contribution in [-0.2, 0) is 0 Å². The van der Waals surface area contributed by atoms with Crippen molar-refractivity contribution in [2.75, 3.05) is 59.9 Å². The molecule has 0 amide bonds. The zero-order valence-corrected chi connectivity index (χ0v) is 13.0. The van der Waals surface area contributed by atoms with Crippen LogP contribution in [-0.4, -0.2) is 86.6 Å². The molecule has 3 fully saturated rings. The minimum absolute atomic E-state index is 0.635. The molecule has 0 aliphatic carbocycles. The van der Waals surface area contributed by atoms with Crippen LogP contribution in [0.2, 0.25) is 0 Å². The minimum atomic E-state index is 0.635. The van der Waals surface area contributed by atoms with Crippen molar-refractivity contribution in [1.29, 1.82) is 0 Å². The summed E-state index contributed by atoms with van der Waals surface area (Å²) in [5, 5.41) is 3.53. The molecule has 1 unspecified atom stereocenters. The molecule has 20 heavy (non-hydrogen) atoms. The lowest BCUT2D eigenvalue weighted by molar-refractivity contribution is 0.0152. The maximum absolute atomic E-state index is 4.39. The number of aliphatic imine (C=N–C) groups is 1. The first-order valence-electron chi connectivity index (χ1n) is 7.73. The van der Waals surface area contributed by atoms with Crippen molar-refractivity contribution in [1.82, 2.24) is 20.0 Å². The van der Waals surface area contributed by atoms with E-state index in [1.54, 1.807) is 0 Å². The molecule has 3 aliphatic rings. The molecule has 5 nitrogen and oxygen atoms in total. The van der Waals surface area contributed by atoms with Gasteiger partial charge in [0.05, 0.1) is 0 Å². The van der Waals surface area contributed by atoms with Crippen LogP contribution in [0.25, 0.3) is 0 Å². The Hall–Kier alpha value is -1.07. The summed E-state index contributed by atoms with van der Waals surface area (Å²) < 4.78 is 0. The summed E-state index contributed by atoms with van der Waals surface area (Å²) in [6.45, 7) is 11.9. The molecule has 0 aromatic heterocycles. The molecule has 2 bridgehead atoms. The lowest BCUT2D eigenvalue weighted by atomic mass is 10.1. The smallest absolute Gasteiger partial charge is 0.193 e. The Labute approximate surface area is 123 Å². The normalized spacial score (nSPS) is 29.3. The maximum Gasteiger partial charge on any atom is 0.193 e. The summed E-state index contributed by atoms with van der Waals surface area (Å²) in [5.41, 5.74) is 0. The molecular weight excluding hydrogens is 250 g/mol. The Morgan fingerprint density at radius 2 is 2.15 bits per heavy atom. The molecule has 114 valence electrons. The first kappa shape index (κ1) is 15.3. The highest BCUT2D eigenvalue weighted by molar-refractivity contribution is 5.79. The Morgan fingerprint density at radius 1 is 1.40 bits per heavy atom. The Morgan fingerprint density at radius 3 is 2.70 bits per heavy atom. The summed E-state index contributed by atoms with van der Waals surface area (Å²) in [7, 11) is 3.97. The van der Waals surface area contributed by atoms with E-state index in [0.29, 0.717) is 6.04 Å². The van der Waals surface area contributed by atoms with Gasteiger partial charge in [0.1, 0.15) is 0 Å². The number of hydrogen-bond acceptors (Lipinski definition) is 3. The standard InChI is InChI=1S/C15H29N5/c1-4-5-6-7-18(3)15(16-2)17-12-14-13-19-8-10-20(14)11-9-19/h4,14H,1,5-13H2,2-3H3,(H,16,17). The maximum atomic E-state index is 4.39. The third kappa shape index (κ3) is 3.96. The number of nitrogens with zero attached hydrogens (tertiary/aromatic N) is 4. The molecule has 0 aromatic carbocycles. The van der Waals surface area contributed by atoms with Crippen molar-refractivity contribution < 1.29 is 0 Å². The summed E-state index contributed by atoms with van der Waals surface area (Å²) >= 11 is 0. The topological polar surface area (TPSA) is 34.1 Å². The van der Waals surface area contributed by atoms with Crippen LogP contribution in [0.4, 0.5) is 0 Å². The van der Waals surface area contributed by atoms with Gasteiger partial charge in [0.2, 0.25) is 0 Å². The summed E-state index contributed by atoms with van der Waals surface area (Å²) in [5.74, 6) is 1.01. The van der Waals surface area contributed by atoms with Crippen molar-refractivity contribution >= 4 is 5.96 Å². The monoisotopic (exact) mass is 279 g/mol. The molecule has 3 heterocycles. The number of nitrogens with one attached hydrogen (secondary N) is 1. The predicted octanol–water partition coefficient (Wildman–Crippen LogP) is 0.460. The zero-order valence-electron chi connectivity index (χ0n) is 13.0. The van der Waals surface area contributed by atoms with E-state index in [4.69, 9.17) is 0 Å². The van der Waals surface area contributed by atoms with Gasteiger partial charge in [-0.1, -0.05) is 6.08 Å². The fraction of sp³-hybridized carbons (Fsp3) is 0.800. The van der Waals surface area contributed by atoms with E-state index in [1.807, 2.05) is 13.1 Å². The molecular formula is C15H29N5. The van der Waals surface area contributed by atoms with Gasteiger partial charge in [-0.15, -0.1) is 6.58 Å². The van der Waals surface area contributed by atoms with Gasteiger partial charge in [0.25, 0.3) is 0 Å². The van der Waals surface area contributed by atoms with E-state index in [2.05, 4.69) is 38.6 Å². The Kier molecular flexibility index (Phi) is 5.86. The number of unbranched alkanes of at least 4 members (excludes halogenated alkanes) is 1. The van der Waals surface area contributed by atoms with Crippen molar-refractivity contribution in [2.45, 2.75) is 18.9 Å². The van der Waals surface area contributed by atoms with Crippen molar-refractivity contribution in [3.8, 4) is 0 Å². The predicted molar refractivity (Wildman–Crippen MR) is 85.2 cm³/mol. The number of fused-ring (bicyclic) bond motifs is 3. The lowest BCUT2D eigenvalue weighted by Gasteiger charge is -2.47. The molecule has 1 N–H and O–H groups in total. The van der Waals surface area contributed by atoms with Crippen LogP contribution in [0.15, 0.2) is 17.6 Å². The molecule has 0 radical (unpaired) electrons. The number of piperazine rings is 3. The highest BCUT2D eigenvalue weighted by atomic mass is 15.4. The molecule has 1 atom stereocenters. The Bertz CT molecular complexity index is 333. The highest BCUT2D eigenvalue weighted by Crippen LogP contribution is 2.14. The minimum Gasteiger partial charge on any atom is -0.355 e. The lowest BCUT2D eigenvalue weighted by Crippen LogP contribution is -2.63. The molecule has 3 aliphatic heterocycles. The SMILES string of the molecule is C=CCCCN(C)C(=NC)NCC1CN2CCN1CC2. The third-order valence-electron chi connectivity index (χ3n) is 4.36. The van der Waals surface area contributed by atoms with E-state index >= 15 is 0 Å². The van der Waals surface area contributed by atoms with Gasteiger partial charge in [-0.05, 0) is 12.8 Å². The van der Waals surface area contributed by atoms with E-state index in [0.717, 1.165) is 31.9 Å². The van der Waals surface area contributed by atoms with Crippen LogP contribution in [0.3, 0.4) is 0 Å². The largest absolute Gasteiger partial charge is 0.355 e. The van der Waals surface area contributed by atoms with Gasteiger partial charge >= 0.3 is 0 Å². The molecule has 3 rings (SSSR count). The fourth-order valence-electron chi connectivity index (χ4n) is 3.09. The van der Waals surface area contributed by atoms with Gasteiger partial charge in [-0.25, -0.2) is 0 Å².